The Kier molecular flexibility index (Phi) is 1.31. The van der Waals surface area contributed by atoms with Gasteiger partial charge in [0.15, 0.2) is 0 Å². The molecule has 1 radical (unpaired) electrons. The van der Waals surface area contributed by atoms with Crippen LogP contribution < -0.4 is 0 Å². The molecule has 0 fully saturated rings. The zero-order chi connectivity index (χ0) is 5.11. The fourth-order valence-corrected chi connectivity index (χ4v) is 0.372. The van der Waals surface area contributed by atoms with E-state index < -0.39 is 0 Å². The van der Waals surface area contributed by atoms with Crippen LogP contribution in [0.3, 0.4) is 0 Å². The first-order valence-electron chi connectivity index (χ1n) is 1.60. The zero-order valence-corrected chi connectivity index (χ0v) is 4.88. The molecule has 0 amide bonds. The molecule has 1 aromatic rings. The predicted octanol–water partition coefficient (Wildman–Crippen LogP) is 0.434. The van der Waals surface area contributed by atoms with Crippen LogP contribution in [0.15, 0.2) is 10.9 Å². The van der Waals surface area contributed by atoms with Crippen molar-refractivity contribution in [2.75, 3.05) is 0 Å². The maximum absolute atomic E-state index is 3.67. The summed E-state index contributed by atoms with van der Waals surface area (Å²) in [6.07, 6.45) is 3.82. The lowest BCUT2D eigenvalue weighted by molar-refractivity contribution is 0.945. The highest BCUT2D eigenvalue weighted by atomic mass is 79.9. The molecule has 4 heteroatoms. The summed E-state index contributed by atoms with van der Waals surface area (Å²) in [6.45, 7) is 0. The topological polar surface area (TPSA) is 38.7 Å². The van der Waals surface area contributed by atoms with Crippen molar-refractivity contribution in [1.29, 1.82) is 0 Å². The van der Waals surface area contributed by atoms with Crippen LogP contribution in [0.4, 0.5) is 0 Å². The van der Waals surface area contributed by atoms with Gasteiger partial charge in [-0.15, -0.1) is 10.2 Å². The quantitative estimate of drug-likeness (QED) is 0.551. The third-order valence-electron chi connectivity index (χ3n) is 0.423. The van der Waals surface area contributed by atoms with Gasteiger partial charge in [-0.05, 0) is 15.9 Å². The first-order valence-corrected chi connectivity index (χ1v) is 2.40. The molecule has 0 aliphatic carbocycles. The van der Waals surface area contributed by atoms with E-state index in [4.69, 9.17) is 0 Å². The average Bonchev–Trinajstić information content (AvgIpc) is 1.69. The van der Waals surface area contributed by atoms with Gasteiger partial charge in [0.1, 0.15) is 17.1 Å². The Hall–Kier alpha value is -0.510. The van der Waals surface area contributed by atoms with Crippen LogP contribution in [0, 0.1) is 6.20 Å². The molecule has 1 aromatic heterocycles. The number of halogens is 1. The number of rotatable bonds is 0. The Morgan fingerprint density at radius 1 is 1.71 bits per heavy atom. The molecule has 7 heavy (non-hydrogen) atoms. The smallest absolute Gasteiger partial charge is 0.149 e. The summed E-state index contributed by atoms with van der Waals surface area (Å²) in [5.74, 6) is 0. The molecule has 0 atom stereocenters. The molecule has 1 rings (SSSR count). The SMILES string of the molecule is Brc1[c]nncn1. The summed E-state index contributed by atoms with van der Waals surface area (Å²) < 4.78 is 0.586. The first kappa shape index (κ1) is 4.64. The normalized spacial score (nSPS) is 8.71. The molecule has 0 aliphatic heterocycles. The molecule has 0 spiro atoms. The van der Waals surface area contributed by atoms with Crippen LogP contribution in [0.5, 0.6) is 0 Å². The summed E-state index contributed by atoms with van der Waals surface area (Å²) in [5.41, 5.74) is 0. The van der Waals surface area contributed by atoms with Gasteiger partial charge in [0.2, 0.25) is 0 Å². The van der Waals surface area contributed by atoms with Crippen LogP contribution in [0.2, 0.25) is 0 Å². The molecule has 1 heterocycles. The molecule has 0 unspecified atom stereocenters. The summed E-state index contributed by atoms with van der Waals surface area (Å²) >= 11 is 3.04. The Morgan fingerprint density at radius 2 is 2.57 bits per heavy atom. The Bertz CT molecular complexity index is 140. The summed E-state index contributed by atoms with van der Waals surface area (Å²) in [4.78, 5) is 3.67. The molecule has 0 N–H and O–H groups in total. The number of hydrogen-bond acceptors (Lipinski definition) is 3. The van der Waals surface area contributed by atoms with Crippen molar-refractivity contribution < 1.29 is 0 Å². The fourth-order valence-electron chi connectivity index (χ4n) is 0.201. The highest BCUT2D eigenvalue weighted by molar-refractivity contribution is 9.10. The van der Waals surface area contributed by atoms with Crippen molar-refractivity contribution in [2.24, 2.45) is 0 Å². The predicted molar refractivity (Wildman–Crippen MR) is 26.4 cm³/mol. The highest BCUT2D eigenvalue weighted by Gasteiger charge is 1.80. The van der Waals surface area contributed by atoms with E-state index >= 15 is 0 Å². The maximum atomic E-state index is 3.67. The fraction of sp³-hybridized carbons (Fsp3) is 0. The van der Waals surface area contributed by atoms with Crippen LogP contribution in [0.1, 0.15) is 0 Å². The second-order valence-corrected chi connectivity index (χ2v) is 1.61. The van der Waals surface area contributed by atoms with Crippen molar-refractivity contribution >= 4 is 15.9 Å². The maximum Gasteiger partial charge on any atom is 0.149 e. The van der Waals surface area contributed by atoms with Gasteiger partial charge in [-0.25, -0.2) is 4.98 Å². The van der Waals surface area contributed by atoms with Gasteiger partial charge in [0.05, 0.1) is 0 Å². The minimum atomic E-state index is 0.586. The van der Waals surface area contributed by atoms with Gasteiger partial charge in [0, 0.05) is 0 Å². The molecule has 0 saturated heterocycles. The second-order valence-electron chi connectivity index (χ2n) is 0.863. The molecule has 3 nitrogen and oxygen atoms in total. The number of aromatic nitrogens is 3. The second kappa shape index (κ2) is 1.97. The summed E-state index contributed by atoms with van der Waals surface area (Å²) in [7, 11) is 0. The summed E-state index contributed by atoms with van der Waals surface area (Å²) in [5, 5.41) is 6.80. The van der Waals surface area contributed by atoms with Gasteiger partial charge in [-0.2, -0.15) is 0 Å². The van der Waals surface area contributed by atoms with Crippen molar-refractivity contribution in [3.05, 3.63) is 17.1 Å². The van der Waals surface area contributed by atoms with Crippen LogP contribution in [-0.2, 0) is 0 Å². The van der Waals surface area contributed by atoms with Crippen LogP contribution in [0.25, 0.3) is 0 Å². The monoisotopic (exact) mass is 158 g/mol. The van der Waals surface area contributed by atoms with Gasteiger partial charge in [-0.1, -0.05) is 0 Å². The third kappa shape index (κ3) is 1.19. The zero-order valence-electron chi connectivity index (χ0n) is 3.30. The first-order chi connectivity index (χ1) is 3.39. The molecule has 0 bridgehead atoms. The van der Waals surface area contributed by atoms with Crippen molar-refractivity contribution in [1.82, 2.24) is 15.2 Å². The van der Waals surface area contributed by atoms with E-state index in [1.54, 1.807) is 0 Å². The minimum Gasteiger partial charge on any atom is -0.225 e. The van der Waals surface area contributed by atoms with Crippen LogP contribution in [-0.4, -0.2) is 15.2 Å². The van der Waals surface area contributed by atoms with Crippen molar-refractivity contribution in [2.45, 2.75) is 0 Å². The van der Waals surface area contributed by atoms with E-state index in [1.807, 2.05) is 0 Å². The minimum absolute atomic E-state index is 0.586. The lowest BCUT2D eigenvalue weighted by Crippen LogP contribution is -1.80. The molecular formula is C3HBrN3. The van der Waals surface area contributed by atoms with E-state index in [9.17, 15) is 0 Å². The Morgan fingerprint density at radius 3 is 2.86 bits per heavy atom. The molecule has 35 valence electrons. The van der Waals surface area contributed by atoms with Crippen molar-refractivity contribution in [3.63, 3.8) is 0 Å². The van der Waals surface area contributed by atoms with Gasteiger partial charge >= 0.3 is 0 Å². The van der Waals surface area contributed by atoms with Gasteiger partial charge in [0.25, 0.3) is 0 Å². The van der Waals surface area contributed by atoms with Crippen molar-refractivity contribution in [3.8, 4) is 0 Å². The van der Waals surface area contributed by atoms with E-state index in [-0.39, 0.29) is 0 Å². The van der Waals surface area contributed by atoms with E-state index in [0.29, 0.717) is 4.60 Å². The van der Waals surface area contributed by atoms with E-state index in [0.717, 1.165) is 0 Å². The Labute approximate surface area is 48.9 Å². The summed E-state index contributed by atoms with van der Waals surface area (Å²) in [6, 6.07) is 0. The molecular weight excluding hydrogens is 158 g/mol. The van der Waals surface area contributed by atoms with Gasteiger partial charge < -0.3 is 0 Å². The van der Waals surface area contributed by atoms with E-state index in [1.165, 1.54) is 6.33 Å². The van der Waals surface area contributed by atoms with Gasteiger partial charge in [-0.3, -0.25) is 0 Å². The molecule has 0 aromatic carbocycles. The van der Waals surface area contributed by atoms with E-state index in [2.05, 4.69) is 37.3 Å². The Balaban J connectivity index is 3.02. The van der Waals surface area contributed by atoms with Crippen LogP contribution >= 0.6 is 15.9 Å². The number of hydrogen-bond donors (Lipinski definition) is 0. The standard InChI is InChI=1S/C3HBrN3/c4-3-1-6-7-2-5-3/h2H. The molecule has 0 saturated carbocycles. The average molecular weight is 159 g/mol. The lowest BCUT2D eigenvalue weighted by atomic mass is 10.9. The number of nitrogens with zero attached hydrogens (tertiary/aromatic N) is 3. The lowest BCUT2D eigenvalue weighted by Gasteiger charge is -1.77. The largest absolute Gasteiger partial charge is 0.225 e. The third-order valence-corrected chi connectivity index (χ3v) is 0.805. The molecule has 0 aliphatic rings. The highest BCUT2D eigenvalue weighted by Crippen LogP contribution is 1.95.